The lowest BCUT2D eigenvalue weighted by Crippen LogP contribution is -2.45. The quantitative estimate of drug-likeness (QED) is 0.761. The molecule has 0 spiro atoms. The van der Waals surface area contributed by atoms with E-state index in [1.54, 1.807) is 32.0 Å². The lowest BCUT2D eigenvalue weighted by molar-refractivity contribution is -0.116. The summed E-state index contributed by atoms with van der Waals surface area (Å²) in [5.41, 5.74) is 2.88. The van der Waals surface area contributed by atoms with Crippen molar-refractivity contribution in [2.45, 2.75) is 39.7 Å². The SMILES string of the molecule is Cc1ccc(Cl)cc1N([C@H](C)C(=O)Nc1ccc(C(C)C)cc1)S(C)(=O)=O. The minimum atomic E-state index is -3.70. The average molecular weight is 409 g/mol. The molecule has 0 radical (unpaired) electrons. The van der Waals surface area contributed by atoms with Gasteiger partial charge in [-0.15, -0.1) is 0 Å². The van der Waals surface area contributed by atoms with E-state index >= 15 is 0 Å². The fourth-order valence-electron chi connectivity index (χ4n) is 2.80. The molecule has 1 N–H and O–H groups in total. The molecule has 0 unspecified atom stereocenters. The largest absolute Gasteiger partial charge is 0.324 e. The minimum absolute atomic E-state index is 0.389. The molecule has 5 nitrogen and oxygen atoms in total. The van der Waals surface area contributed by atoms with Gasteiger partial charge >= 0.3 is 0 Å². The highest BCUT2D eigenvalue weighted by Crippen LogP contribution is 2.28. The molecule has 0 saturated heterocycles. The molecule has 0 fully saturated rings. The predicted octanol–water partition coefficient (Wildman–Crippen LogP) is 4.57. The van der Waals surface area contributed by atoms with Crippen molar-refractivity contribution in [2.24, 2.45) is 0 Å². The van der Waals surface area contributed by atoms with Crippen LogP contribution in [0.3, 0.4) is 0 Å². The van der Waals surface area contributed by atoms with Crippen LogP contribution in [-0.2, 0) is 14.8 Å². The van der Waals surface area contributed by atoms with Crippen molar-refractivity contribution >= 4 is 38.9 Å². The Morgan fingerprint density at radius 3 is 2.19 bits per heavy atom. The summed E-state index contributed by atoms with van der Waals surface area (Å²) >= 11 is 6.04. The van der Waals surface area contributed by atoms with E-state index in [1.807, 2.05) is 24.3 Å². The number of nitrogens with one attached hydrogen (secondary N) is 1. The highest BCUT2D eigenvalue weighted by Gasteiger charge is 2.30. The molecule has 27 heavy (non-hydrogen) atoms. The van der Waals surface area contributed by atoms with E-state index < -0.39 is 22.0 Å². The maximum absolute atomic E-state index is 12.7. The summed E-state index contributed by atoms with van der Waals surface area (Å²) in [5, 5.41) is 3.19. The number of hydrogen-bond donors (Lipinski definition) is 1. The molecule has 1 amide bonds. The number of anilines is 2. The van der Waals surface area contributed by atoms with Crippen molar-refractivity contribution in [3.63, 3.8) is 0 Å². The number of rotatable bonds is 6. The fourth-order valence-corrected chi connectivity index (χ4v) is 4.19. The number of hydrogen-bond acceptors (Lipinski definition) is 3. The summed E-state index contributed by atoms with van der Waals surface area (Å²) in [6.45, 7) is 7.51. The Morgan fingerprint density at radius 1 is 1.07 bits per heavy atom. The number of halogens is 1. The van der Waals surface area contributed by atoms with Crippen molar-refractivity contribution in [3.05, 3.63) is 58.6 Å². The molecule has 0 bridgehead atoms. The summed E-state index contributed by atoms with van der Waals surface area (Å²) in [5.74, 6) is -0.0303. The molecule has 2 aromatic carbocycles. The first-order valence-corrected chi connectivity index (χ1v) is 10.9. The zero-order valence-corrected chi connectivity index (χ0v) is 17.7. The Balaban J connectivity index is 2.31. The number of sulfonamides is 1. The minimum Gasteiger partial charge on any atom is -0.324 e. The Morgan fingerprint density at radius 2 is 1.67 bits per heavy atom. The maximum Gasteiger partial charge on any atom is 0.247 e. The van der Waals surface area contributed by atoms with Crippen molar-refractivity contribution < 1.29 is 13.2 Å². The monoisotopic (exact) mass is 408 g/mol. The van der Waals surface area contributed by atoms with E-state index in [0.29, 0.717) is 27.9 Å². The number of carbonyl (C=O) groups is 1. The van der Waals surface area contributed by atoms with Crippen molar-refractivity contribution in [1.29, 1.82) is 0 Å². The molecule has 1 atom stereocenters. The van der Waals surface area contributed by atoms with Crippen LogP contribution < -0.4 is 9.62 Å². The molecule has 0 aliphatic carbocycles. The standard InChI is InChI=1S/C20H25ClN2O3S/c1-13(2)16-7-10-18(11-8-16)22-20(24)15(4)23(27(5,25)26)19-12-17(21)9-6-14(19)3/h6-13,15H,1-5H3,(H,22,24)/t15-/m1/s1. The van der Waals surface area contributed by atoms with Gasteiger partial charge in [-0.3, -0.25) is 9.10 Å². The zero-order valence-electron chi connectivity index (χ0n) is 16.2. The third-order valence-corrected chi connectivity index (χ3v) is 5.80. The highest BCUT2D eigenvalue weighted by molar-refractivity contribution is 7.92. The van der Waals surface area contributed by atoms with Gasteiger partial charge in [0, 0.05) is 10.7 Å². The van der Waals surface area contributed by atoms with Crippen LogP contribution >= 0.6 is 11.6 Å². The molecule has 0 saturated carbocycles. The Hall–Kier alpha value is -2.05. The summed E-state index contributed by atoms with van der Waals surface area (Å²) in [7, 11) is -3.70. The first kappa shape index (κ1) is 21.3. The number of carbonyl (C=O) groups excluding carboxylic acids is 1. The predicted molar refractivity (Wildman–Crippen MR) is 112 cm³/mol. The van der Waals surface area contributed by atoms with Gasteiger partial charge in [0.1, 0.15) is 6.04 Å². The van der Waals surface area contributed by atoms with Crippen LogP contribution in [0.5, 0.6) is 0 Å². The second-order valence-corrected chi connectivity index (χ2v) is 9.23. The van der Waals surface area contributed by atoms with Gasteiger partial charge in [0.25, 0.3) is 0 Å². The van der Waals surface area contributed by atoms with E-state index in [2.05, 4.69) is 19.2 Å². The third-order valence-electron chi connectivity index (χ3n) is 4.34. The molecule has 0 aliphatic heterocycles. The van der Waals surface area contributed by atoms with Crippen molar-refractivity contribution in [2.75, 3.05) is 15.9 Å². The average Bonchev–Trinajstić information content (AvgIpc) is 2.57. The summed E-state index contributed by atoms with van der Waals surface area (Å²) in [6, 6.07) is 11.5. The smallest absolute Gasteiger partial charge is 0.247 e. The van der Waals surface area contributed by atoms with E-state index in [4.69, 9.17) is 11.6 Å². The second kappa shape index (κ2) is 8.31. The summed E-state index contributed by atoms with van der Waals surface area (Å²) in [6.07, 6.45) is 1.08. The Labute approximate surface area is 166 Å². The van der Waals surface area contributed by atoms with Crippen LogP contribution in [0.2, 0.25) is 5.02 Å². The van der Waals surface area contributed by atoms with Gasteiger partial charge in [0.05, 0.1) is 11.9 Å². The van der Waals surface area contributed by atoms with Crippen molar-refractivity contribution in [1.82, 2.24) is 0 Å². The topological polar surface area (TPSA) is 66.5 Å². The summed E-state index contributed by atoms with van der Waals surface area (Å²) in [4.78, 5) is 12.7. The van der Waals surface area contributed by atoms with Gasteiger partial charge in [-0.1, -0.05) is 43.6 Å². The van der Waals surface area contributed by atoms with Crippen LogP contribution in [0.25, 0.3) is 0 Å². The second-order valence-electron chi connectivity index (χ2n) is 6.93. The van der Waals surface area contributed by atoms with Gasteiger partial charge in [-0.05, 0) is 55.2 Å². The van der Waals surface area contributed by atoms with Crippen LogP contribution in [0.4, 0.5) is 11.4 Å². The van der Waals surface area contributed by atoms with E-state index in [1.165, 1.54) is 0 Å². The lowest BCUT2D eigenvalue weighted by atomic mass is 10.0. The maximum atomic E-state index is 12.7. The molecular weight excluding hydrogens is 384 g/mol. The molecule has 0 heterocycles. The van der Waals surface area contributed by atoms with Gasteiger partial charge in [0.15, 0.2) is 0 Å². The number of benzene rings is 2. The highest BCUT2D eigenvalue weighted by atomic mass is 35.5. The number of amides is 1. The zero-order chi connectivity index (χ0) is 20.4. The Bertz CT molecular complexity index is 925. The third kappa shape index (κ3) is 5.23. The molecular formula is C20H25ClN2O3S. The number of nitrogens with zero attached hydrogens (tertiary/aromatic N) is 1. The fraction of sp³-hybridized carbons (Fsp3) is 0.350. The van der Waals surface area contributed by atoms with Crippen molar-refractivity contribution in [3.8, 4) is 0 Å². The van der Waals surface area contributed by atoms with Crippen LogP contribution in [0.15, 0.2) is 42.5 Å². The first-order valence-electron chi connectivity index (χ1n) is 8.67. The van der Waals surface area contributed by atoms with Crippen LogP contribution in [0, 0.1) is 6.92 Å². The van der Waals surface area contributed by atoms with E-state index in [-0.39, 0.29) is 0 Å². The van der Waals surface area contributed by atoms with Gasteiger partial charge in [0.2, 0.25) is 15.9 Å². The van der Waals surface area contributed by atoms with Gasteiger partial charge in [-0.2, -0.15) is 0 Å². The van der Waals surface area contributed by atoms with E-state index in [0.717, 1.165) is 16.1 Å². The van der Waals surface area contributed by atoms with Crippen LogP contribution in [-0.4, -0.2) is 26.6 Å². The first-order chi connectivity index (χ1) is 12.5. The summed E-state index contributed by atoms with van der Waals surface area (Å²) < 4.78 is 25.9. The molecule has 146 valence electrons. The normalized spacial score (nSPS) is 12.7. The molecule has 7 heteroatoms. The van der Waals surface area contributed by atoms with Gasteiger partial charge < -0.3 is 5.32 Å². The lowest BCUT2D eigenvalue weighted by Gasteiger charge is -2.29. The van der Waals surface area contributed by atoms with E-state index in [9.17, 15) is 13.2 Å². The molecule has 0 aromatic heterocycles. The van der Waals surface area contributed by atoms with Gasteiger partial charge in [-0.25, -0.2) is 8.42 Å². The molecule has 2 aromatic rings. The van der Waals surface area contributed by atoms with Crippen LogP contribution in [0.1, 0.15) is 37.8 Å². The molecule has 2 rings (SSSR count). The number of aryl methyl sites for hydroxylation is 1. The molecule has 0 aliphatic rings. The Kier molecular flexibility index (Phi) is 6.54.